The van der Waals surface area contributed by atoms with Crippen molar-refractivity contribution in [2.24, 2.45) is 0 Å². The van der Waals surface area contributed by atoms with Gasteiger partial charge in [-0.15, -0.1) is 0 Å². The zero-order chi connectivity index (χ0) is 17.3. The number of hydrogen-bond donors (Lipinski definition) is 2. The van der Waals surface area contributed by atoms with E-state index < -0.39 is 11.7 Å². The molecule has 0 spiro atoms. The maximum absolute atomic E-state index is 11.8. The highest BCUT2D eigenvalue weighted by atomic mass is 16.6. The summed E-state index contributed by atoms with van der Waals surface area (Å²) >= 11 is 0. The van der Waals surface area contributed by atoms with Gasteiger partial charge in [-0.1, -0.05) is 12.1 Å². The molecular weight excluding hydrogens is 296 g/mol. The van der Waals surface area contributed by atoms with Crippen LogP contribution in [-0.4, -0.2) is 31.3 Å². The number of nitrogens with one attached hydrogen (secondary N) is 2. The Morgan fingerprint density at radius 2 is 1.91 bits per heavy atom. The molecule has 128 valence electrons. The van der Waals surface area contributed by atoms with Crippen molar-refractivity contribution in [3.63, 3.8) is 0 Å². The second kappa shape index (κ2) is 9.02. The molecule has 1 rings (SSSR count). The summed E-state index contributed by atoms with van der Waals surface area (Å²) in [5, 5.41) is 5.46. The Kier molecular flexibility index (Phi) is 7.38. The van der Waals surface area contributed by atoms with Gasteiger partial charge in [0.15, 0.2) is 0 Å². The lowest BCUT2D eigenvalue weighted by Gasteiger charge is -2.19. The van der Waals surface area contributed by atoms with Crippen LogP contribution in [0.1, 0.15) is 39.2 Å². The topological polar surface area (TPSA) is 76.7 Å². The van der Waals surface area contributed by atoms with Crippen molar-refractivity contribution in [2.45, 2.75) is 45.8 Å². The third-order valence-electron chi connectivity index (χ3n) is 2.87. The fraction of sp³-hybridized carbons (Fsp3) is 0.529. The number of carbonyl (C=O) groups excluding carboxylic acids is 2. The summed E-state index contributed by atoms with van der Waals surface area (Å²) in [6.45, 7) is 6.27. The molecule has 0 aliphatic carbocycles. The molecule has 1 aromatic rings. The number of methoxy groups -OCH3 is 1. The van der Waals surface area contributed by atoms with Gasteiger partial charge in [0.2, 0.25) is 5.91 Å². The van der Waals surface area contributed by atoms with Gasteiger partial charge in [-0.05, 0) is 44.9 Å². The van der Waals surface area contributed by atoms with Crippen LogP contribution in [0.5, 0.6) is 5.75 Å². The summed E-state index contributed by atoms with van der Waals surface area (Å²) in [4.78, 5) is 23.2. The molecule has 0 heterocycles. The van der Waals surface area contributed by atoms with E-state index in [1.165, 1.54) is 0 Å². The van der Waals surface area contributed by atoms with Gasteiger partial charge in [0, 0.05) is 19.5 Å². The summed E-state index contributed by atoms with van der Waals surface area (Å²) in [6.07, 6.45) is 0.442. The highest BCUT2D eigenvalue weighted by Crippen LogP contribution is 2.12. The van der Waals surface area contributed by atoms with Crippen molar-refractivity contribution in [2.75, 3.05) is 13.7 Å². The van der Waals surface area contributed by atoms with Crippen molar-refractivity contribution < 1.29 is 19.1 Å². The van der Waals surface area contributed by atoms with Gasteiger partial charge >= 0.3 is 6.09 Å². The third-order valence-corrected chi connectivity index (χ3v) is 2.87. The first-order valence-electron chi connectivity index (χ1n) is 7.66. The summed E-state index contributed by atoms with van der Waals surface area (Å²) in [5.41, 5.74) is 0.461. The maximum Gasteiger partial charge on any atom is 0.407 e. The van der Waals surface area contributed by atoms with E-state index in [1.807, 2.05) is 24.3 Å². The van der Waals surface area contributed by atoms with Gasteiger partial charge in [-0.3, -0.25) is 4.79 Å². The summed E-state index contributed by atoms with van der Waals surface area (Å²) in [6, 6.07) is 7.54. The molecule has 0 atom stereocenters. The molecule has 0 radical (unpaired) electrons. The number of carbonyl (C=O) groups is 2. The highest BCUT2D eigenvalue weighted by molar-refractivity contribution is 5.76. The highest BCUT2D eigenvalue weighted by Gasteiger charge is 2.15. The number of alkyl carbamates (subject to hydrolysis) is 1. The van der Waals surface area contributed by atoms with Crippen molar-refractivity contribution in [3.05, 3.63) is 29.8 Å². The molecule has 0 aliphatic heterocycles. The molecule has 2 amide bonds. The second-order valence-electron chi connectivity index (χ2n) is 6.16. The SMILES string of the molecule is COc1cccc(CNC(=O)CCCNC(=O)OC(C)(C)C)c1. The van der Waals surface area contributed by atoms with Crippen LogP contribution in [0.25, 0.3) is 0 Å². The van der Waals surface area contributed by atoms with Gasteiger partial charge in [0.1, 0.15) is 11.4 Å². The van der Waals surface area contributed by atoms with Crippen LogP contribution in [0, 0.1) is 0 Å². The Morgan fingerprint density at radius 3 is 2.57 bits per heavy atom. The molecule has 0 fully saturated rings. The molecule has 0 aliphatic rings. The zero-order valence-electron chi connectivity index (χ0n) is 14.3. The average Bonchev–Trinajstić information content (AvgIpc) is 2.48. The number of hydrogen-bond acceptors (Lipinski definition) is 4. The minimum atomic E-state index is -0.516. The minimum absolute atomic E-state index is 0.0567. The van der Waals surface area contributed by atoms with Crippen molar-refractivity contribution in [1.82, 2.24) is 10.6 Å². The first kappa shape index (κ1) is 18.8. The summed E-state index contributed by atoms with van der Waals surface area (Å²) in [7, 11) is 1.61. The molecule has 0 saturated carbocycles. The Hall–Kier alpha value is -2.24. The lowest BCUT2D eigenvalue weighted by atomic mass is 10.2. The quantitative estimate of drug-likeness (QED) is 0.757. The van der Waals surface area contributed by atoms with E-state index in [-0.39, 0.29) is 5.91 Å². The van der Waals surface area contributed by atoms with Crippen molar-refractivity contribution >= 4 is 12.0 Å². The monoisotopic (exact) mass is 322 g/mol. The fourth-order valence-corrected chi connectivity index (χ4v) is 1.83. The lowest BCUT2D eigenvalue weighted by Crippen LogP contribution is -2.33. The molecule has 0 unspecified atom stereocenters. The van der Waals surface area contributed by atoms with E-state index in [1.54, 1.807) is 27.9 Å². The summed E-state index contributed by atoms with van der Waals surface area (Å²) < 4.78 is 10.2. The van der Waals surface area contributed by atoms with E-state index in [2.05, 4.69) is 10.6 Å². The molecule has 6 nitrogen and oxygen atoms in total. The molecule has 23 heavy (non-hydrogen) atoms. The number of amides is 2. The molecule has 2 N–H and O–H groups in total. The summed E-state index contributed by atoms with van der Waals surface area (Å²) in [5.74, 6) is 0.706. The number of rotatable bonds is 7. The maximum atomic E-state index is 11.8. The van der Waals surface area contributed by atoms with E-state index in [4.69, 9.17) is 9.47 Å². The fourth-order valence-electron chi connectivity index (χ4n) is 1.83. The smallest absolute Gasteiger partial charge is 0.407 e. The first-order chi connectivity index (χ1) is 10.8. The van der Waals surface area contributed by atoms with E-state index in [0.717, 1.165) is 11.3 Å². The van der Waals surface area contributed by atoms with Crippen LogP contribution >= 0.6 is 0 Å². The Bertz CT molecular complexity index is 524. The van der Waals surface area contributed by atoms with E-state index in [9.17, 15) is 9.59 Å². The Morgan fingerprint density at radius 1 is 1.17 bits per heavy atom. The van der Waals surface area contributed by atoms with Crippen LogP contribution in [0.4, 0.5) is 4.79 Å². The number of ether oxygens (including phenoxy) is 2. The Labute approximate surface area is 137 Å². The average molecular weight is 322 g/mol. The van der Waals surface area contributed by atoms with Gasteiger partial charge < -0.3 is 20.1 Å². The normalized spacial score (nSPS) is 10.8. The van der Waals surface area contributed by atoms with Crippen LogP contribution in [0.3, 0.4) is 0 Å². The predicted octanol–water partition coefficient (Wildman–Crippen LogP) is 2.62. The van der Waals surface area contributed by atoms with Gasteiger partial charge in [0.05, 0.1) is 7.11 Å². The molecule has 0 bridgehead atoms. The second-order valence-corrected chi connectivity index (χ2v) is 6.16. The predicted molar refractivity (Wildman–Crippen MR) is 88.3 cm³/mol. The minimum Gasteiger partial charge on any atom is -0.497 e. The molecular formula is C17H26N2O4. The van der Waals surface area contributed by atoms with Gasteiger partial charge in [0.25, 0.3) is 0 Å². The molecule has 0 aromatic heterocycles. The first-order valence-corrected chi connectivity index (χ1v) is 7.66. The van der Waals surface area contributed by atoms with Gasteiger partial charge in [-0.2, -0.15) is 0 Å². The molecule has 0 saturated heterocycles. The lowest BCUT2D eigenvalue weighted by molar-refractivity contribution is -0.121. The van der Waals surface area contributed by atoms with Crippen LogP contribution in [-0.2, 0) is 16.1 Å². The van der Waals surface area contributed by atoms with E-state index >= 15 is 0 Å². The number of benzene rings is 1. The van der Waals surface area contributed by atoms with Crippen LogP contribution < -0.4 is 15.4 Å². The largest absolute Gasteiger partial charge is 0.497 e. The van der Waals surface area contributed by atoms with Crippen LogP contribution in [0.15, 0.2) is 24.3 Å². The van der Waals surface area contributed by atoms with Gasteiger partial charge in [-0.25, -0.2) is 4.79 Å². The molecule has 6 heteroatoms. The molecule has 1 aromatic carbocycles. The standard InChI is InChI=1S/C17H26N2O4/c1-17(2,3)23-16(21)18-10-6-9-15(20)19-12-13-7-5-8-14(11-13)22-4/h5,7-8,11H,6,9-10,12H2,1-4H3,(H,18,21)(H,19,20). The van der Waals surface area contributed by atoms with Crippen molar-refractivity contribution in [1.29, 1.82) is 0 Å². The third kappa shape index (κ3) is 8.70. The van der Waals surface area contributed by atoms with E-state index in [0.29, 0.717) is 25.9 Å². The van der Waals surface area contributed by atoms with Crippen molar-refractivity contribution in [3.8, 4) is 5.75 Å². The Balaban J connectivity index is 2.18. The zero-order valence-corrected chi connectivity index (χ0v) is 14.3. The van der Waals surface area contributed by atoms with Crippen LogP contribution in [0.2, 0.25) is 0 Å².